The number of nitrogens with one attached hydrogen (secondary N) is 1. The van der Waals surface area contributed by atoms with E-state index in [0.29, 0.717) is 3.57 Å². The van der Waals surface area contributed by atoms with Crippen molar-refractivity contribution in [3.63, 3.8) is 0 Å². The third-order valence-electron chi connectivity index (χ3n) is 1.50. The minimum Gasteiger partial charge on any atom is -0.391 e. The second-order valence-corrected chi connectivity index (χ2v) is 3.50. The van der Waals surface area contributed by atoms with Crippen LogP contribution < -0.4 is 5.56 Å². The summed E-state index contributed by atoms with van der Waals surface area (Å²) in [5, 5.41) is 8.72. The Balaban J connectivity index is 3.29. The van der Waals surface area contributed by atoms with E-state index in [2.05, 4.69) is 0 Å². The van der Waals surface area contributed by atoms with Gasteiger partial charge in [-0.1, -0.05) is 0 Å². The summed E-state index contributed by atoms with van der Waals surface area (Å²) in [4.78, 5) is 13.0. The minimum absolute atomic E-state index is 0.116. The van der Waals surface area contributed by atoms with Crippen molar-refractivity contribution in [2.45, 2.75) is 13.0 Å². The second kappa shape index (κ2) is 4.14. The number of aromatic nitrogens is 1. The van der Waals surface area contributed by atoms with Gasteiger partial charge >= 0.3 is 0 Å². The Kier molecular flexibility index (Phi) is 3.37. The number of aliphatic hydroxyl groups excluding tert-OH is 1. The summed E-state index contributed by atoms with van der Waals surface area (Å²) in [6.07, 6.45) is -2.70. The molecular weight excluding hydrogens is 295 g/mol. The largest absolute Gasteiger partial charge is 0.391 e. The van der Waals surface area contributed by atoms with Gasteiger partial charge in [0.1, 0.15) is 0 Å². The molecule has 3 nitrogen and oxygen atoms in total. The lowest BCUT2D eigenvalue weighted by Gasteiger charge is -2.03. The van der Waals surface area contributed by atoms with E-state index >= 15 is 0 Å². The number of aliphatic hydroxyl groups is 1. The van der Waals surface area contributed by atoms with Crippen molar-refractivity contribution in [2.24, 2.45) is 0 Å². The van der Waals surface area contributed by atoms with Crippen LogP contribution in [0.4, 0.5) is 8.78 Å². The molecule has 0 fully saturated rings. The monoisotopic (exact) mass is 301 g/mol. The average Bonchev–Trinajstić information content (AvgIpc) is 2.03. The molecule has 0 aliphatic rings. The van der Waals surface area contributed by atoms with Crippen molar-refractivity contribution in [1.29, 1.82) is 0 Å². The van der Waals surface area contributed by atoms with Gasteiger partial charge < -0.3 is 10.1 Å². The zero-order valence-corrected chi connectivity index (χ0v) is 8.51. The van der Waals surface area contributed by atoms with Gasteiger partial charge in [0.2, 0.25) is 0 Å². The van der Waals surface area contributed by atoms with Crippen LogP contribution in [0, 0.1) is 3.57 Å². The summed E-state index contributed by atoms with van der Waals surface area (Å²) < 4.78 is 24.6. The Morgan fingerprint density at radius 1 is 1.62 bits per heavy atom. The molecule has 0 amide bonds. The quantitative estimate of drug-likeness (QED) is 0.812. The van der Waals surface area contributed by atoms with Gasteiger partial charge in [0, 0.05) is 3.57 Å². The molecule has 0 atom stereocenters. The van der Waals surface area contributed by atoms with Crippen molar-refractivity contribution in [1.82, 2.24) is 4.98 Å². The second-order valence-electron chi connectivity index (χ2n) is 2.34. The van der Waals surface area contributed by atoms with Gasteiger partial charge in [0.15, 0.2) is 0 Å². The molecule has 6 heteroatoms. The van der Waals surface area contributed by atoms with Crippen LogP contribution in [0.3, 0.4) is 0 Å². The van der Waals surface area contributed by atoms with Crippen molar-refractivity contribution in [3.05, 3.63) is 31.2 Å². The Hall–Kier alpha value is -0.500. The van der Waals surface area contributed by atoms with Crippen LogP contribution in [0.25, 0.3) is 0 Å². The highest BCUT2D eigenvalue weighted by atomic mass is 127. The summed E-state index contributed by atoms with van der Waals surface area (Å²) in [5.41, 5.74) is -0.971. The number of hydrogen-bond donors (Lipinski definition) is 2. The highest BCUT2D eigenvalue weighted by Gasteiger charge is 2.12. The maximum absolute atomic E-state index is 12.1. The third-order valence-corrected chi connectivity index (χ3v) is 2.46. The van der Waals surface area contributed by atoms with Gasteiger partial charge in [0.05, 0.1) is 17.9 Å². The van der Waals surface area contributed by atoms with E-state index in [1.807, 2.05) is 4.98 Å². The smallest absolute Gasteiger partial charge is 0.278 e. The zero-order chi connectivity index (χ0) is 10.0. The normalized spacial score (nSPS) is 10.8. The van der Waals surface area contributed by atoms with Gasteiger partial charge in [-0.25, -0.2) is 8.78 Å². The van der Waals surface area contributed by atoms with E-state index in [4.69, 9.17) is 5.11 Å². The molecule has 1 rings (SSSR count). The lowest BCUT2D eigenvalue weighted by molar-refractivity contribution is 0.145. The van der Waals surface area contributed by atoms with Crippen molar-refractivity contribution in [2.75, 3.05) is 0 Å². The van der Waals surface area contributed by atoms with Crippen LogP contribution in [0.1, 0.15) is 17.7 Å². The fourth-order valence-electron chi connectivity index (χ4n) is 0.840. The maximum atomic E-state index is 12.1. The SMILES string of the molecule is O=c1[nH]c(C(F)F)cc(I)c1CO. The number of rotatable bonds is 2. The number of alkyl halides is 2. The van der Waals surface area contributed by atoms with Gasteiger partial charge in [-0.15, -0.1) is 0 Å². The van der Waals surface area contributed by atoms with Gasteiger partial charge in [-0.05, 0) is 28.7 Å². The van der Waals surface area contributed by atoms with Gasteiger partial charge in [-0.2, -0.15) is 0 Å². The predicted molar refractivity (Wildman–Crippen MR) is 50.7 cm³/mol. The Bertz CT molecular complexity index is 364. The molecule has 0 saturated carbocycles. The average molecular weight is 301 g/mol. The molecule has 1 aromatic rings. The van der Waals surface area contributed by atoms with Crippen LogP contribution in [-0.4, -0.2) is 10.1 Å². The first-order chi connectivity index (χ1) is 6.06. The third kappa shape index (κ3) is 2.25. The summed E-state index contributed by atoms with van der Waals surface area (Å²) >= 11 is 1.73. The minimum atomic E-state index is -2.70. The number of H-pyrrole nitrogens is 1. The van der Waals surface area contributed by atoms with E-state index in [-0.39, 0.29) is 5.56 Å². The molecule has 0 aliphatic heterocycles. The van der Waals surface area contributed by atoms with E-state index in [0.717, 1.165) is 6.07 Å². The van der Waals surface area contributed by atoms with Crippen molar-refractivity contribution in [3.8, 4) is 0 Å². The molecule has 0 spiro atoms. The highest BCUT2D eigenvalue weighted by Crippen LogP contribution is 2.18. The maximum Gasteiger partial charge on any atom is 0.278 e. The van der Waals surface area contributed by atoms with E-state index in [1.165, 1.54) is 0 Å². The van der Waals surface area contributed by atoms with Crippen LogP contribution in [-0.2, 0) is 6.61 Å². The molecule has 72 valence electrons. The molecule has 0 bridgehead atoms. The van der Waals surface area contributed by atoms with E-state index < -0.39 is 24.3 Å². The predicted octanol–water partition coefficient (Wildman–Crippen LogP) is 1.41. The summed E-state index contributed by atoms with van der Waals surface area (Å²) in [7, 11) is 0. The lowest BCUT2D eigenvalue weighted by Crippen LogP contribution is -2.16. The molecule has 0 aromatic carbocycles. The van der Waals surface area contributed by atoms with Crippen molar-refractivity contribution >= 4 is 22.6 Å². The van der Waals surface area contributed by atoms with Gasteiger partial charge in [-0.3, -0.25) is 4.79 Å². The standard InChI is InChI=1S/C7H6F2INO2/c8-6(9)5-1-4(10)3(2-12)7(13)11-5/h1,6,12H,2H2,(H,11,13). The molecule has 2 N–H and O–H groups in total. The van der Waals surface area contributed by atoms with Gasteiger partial charge in [0.25, 0.3) is 12.0 Å². The molecule has 1 aromatic heterocycles. The van der Waals surface area contributed by atoms with E-state index in [9.17, 15) is 13.6 Å². The molecular formula is C7H6F2INO2. The first kappa shape index (κ1) is 10.6. The number of halogens is 3. The Morgan fingerprint density at radius 3 is 2.62 bits per heavy atom. The first-order valence-electron chi connectivity index (χ1n) is 3.37. The highest BCUT2D eigenvalue weighted by molar-refractivity contribution is 14.1. The van der Waals surface area contributed by atoms with Crippen LogP contribution in [0.15, 0.2) is 10.9 Å². The number of aromatic amines is 1. The first-order valence-corrected chi connectivity index (χ1v) is 4.44. The summed E-state index contributed by atoms with van der Waals surface area (Å²) in [5.74, 6) is 0. The summed E-state index contributed by atoms with van der Waals surface area (Å²) in [6.45, 7) is -0.447. The topological polar surface area (TPSA) is 53.1 Å². The molecule has 1 heterocycles. The zero-order valence-electron chi connectivity index (χ0n) is 6.35. The van der Waals surface area contributed by atoms with Crippen LogP contribution in [0.5, 0.6) is 0 Å². The molecule has 0 saturated heterocycles. The molecule has 13 heavy (non-hydrogen) atoms. The fourth-order valence-corrected chi connectivity index (χ4v) is 1.59. The summed E-state index contributed by atoms with van der Waals surface area (Å²) in [6, 6.07) is 1.15. The Morgan fingerprint density at radius 2 is 2.23 bits per heavy atom. The number of hydrogen-bond acceptors (Lipinski definition) is 2. The molecule has 0 aliphatic carbocycles. The van der Waals surface area contributed by atoms with E-state index in [1.54, 1.807) is 22.6 Å². The van der Waals surface area contributed by atoms with Crippen LogP contribution >= 0.6 is 22.6 Å². The Labute approximate surface area is 85.9 Å². The van der Waals surface area contributed by atoms with Crippen LogP contribution in [0.2, 0.25) is 0 Å². The molecule has 0 radical (unpaired) electrons. The lowest BCUT2D eigenvalue weighted by atomic mass is 10.2. The van der Waals surface area contributed by atoms with Crippen molar-refractivity contribution < 1.29 is 13.9 Å². The number of pyridine rings is 1. The fraction of sp³-hybridized carbons (Fsp3) is 0.286. The molecule has 0 unspecified atom stereocenters.